The summed E-state index contributed by atoms with van der Waals surface area (Å²) in [4.78, 5) is 23.5. The van der Waals surface area contributed by atoms with Crippen molar-refractivity contribution >= 4 is 22.7 Å². The first-order valence-corrected chi connectivity index (χ1v) is 6.20. The Labute approximate surface area is 114 Å². The van der Waals surface area contributed by atoms with Crippen LogP contribution in [-0.2, 0) is 9.47 Å². The fourth-order valence-corrected chi connectivity index (χ4v) is 2.07. The Morgan fingerprint density at radius 2 is 2.00 bits per heavy atom. The van der Waals surface area contributed by atoms with Gasteiger partial charge in [-0.15, -0.1) is 0 Å². The normalized spacial score (nSPS) is 16.9. The largest absolute Gasteiger partial charge is 0.478 e. The molecule has 102 valence electrons. The lowest BCUT2D eigenvalue weighted by molar-refractivity contribution is 0.0470. The maximum Gasteiger partial charge on any atom is 0.339 e. The quantitative estimate of drug-likeness (QED) is 0.681. The third-order valence-corrected chi connectivity index (χ3v) is 3.17. The average molecular weight is 272 g/mol. The maximum absolute atomic E-state index is 12.2. The van der Waals surface area contributed by atoms with E-state index in [0.717, 1.165) is 5.39 Å². The molecule has 0 radical (unpaired) electrons. The van der Waals surface area contributed by atoms with Gasteiger partial charge in [0, 0.05) is 0 Å². The van der Waals surface area contributed by atoms with E-state index in [2.05, 4.69) is 0 Å². The number of carbonyl (C=O) groups excluding carboxylic acids is 1. The van der Waals surface area contributed by atoms with Crippen LogP contribution < -0.4 is 0 Å². The molecule has 0 spiro atoms. The Balaban J connectivity index is 2.06. The molecule has 5 heteroatoms. The van der Waals surface area contributed by atoms with E-state index in [1.807, 2.05) is 12.1 Å². The number of epoxide rings is 1. The molecule has 1 N–H and O–H groups in total. The van der Waals surface area contributed by atoms with Gasteiger partial charge in [0.1, 0.15) is 12.7 Å². The Hall–Kier alpha value is -2.40. The second-order valence-electron chi connectivity index (χ2n) is 4.57. The van der Waals surface area contributed by atoms with E-state index in [-0.39, 0.29) is 23.8 Å². The highest BCUT2D eigenvalue weighted by Gasteiger charge is 2.26. The number of ether oxygens (including phenoxy) is 2. The summed E-state index contributed by atoms with van der Waals surface area (Å²) >= 11 is 0. The molecule has 1 atom stereocenters. The fourth-order valence-electron chi connectivity index (χ4n) is 2.07. The molecular weight excluding hydrogens is 260 g/mol. The molecule has 2 aromatic carbocycles. The Morgan fingerprint density at radius 3 is 2.70 bits per heavy atom. The number of hydrogen-bond donors (Lipinski definition) is 1. The first-order valence-electron chi connectivity index (χ1n) is 6.20. The highest BCUT2D eigenvalue weighted by molar-refractivity contribution is 6.12. The standard InChI is InChI=1S/C15H12O5/c16-14(17)12-6-5-9-3-1-2-4-11(9)13(12)15(18)20-8-10-7-19-10/h1-6,10H,7-8H2,(H,16,17). The number of carbonyl (C=O) groups is 2. The van der Waals surface area contributed by atoms with Crippen molar-refractivity contribution in [3.05, 3.63) is 47.5 Å². The van der Waals surface area contributed by atoms with Crippen LogP contribution in [0.5, 0.6) is 0 Å². The molecule has 3 rings (SSSR count). The summed E-state index contributed by atoms with van der Waals surface area (Å²) in [5, 5.41) is 10.6. The summed E-state index contributed by atoms with van der Waals surface area (Å²) in [6.07, 6.45) is -0.0535. The summed E-state index contributed by atoms with van der Waals surface area (Å²) < 4.78 is 10.1. The van der Waals surface area contributed by atoms with Crippen LogP contribution in [0.15, 0.2) is 36.4 Å². The van der Waals surface area contributed by atoms with Gasteiger partial charge in [-0.2, -0.15) is 0 Å². The highest BCUT2D eigenvalue weighted by atomic mass is 16.6. The lowest BCUT2D eigenvalue weighted by atomic mass is 9.99. The average Bonchev–Trinajstić information content (AvgIpc) is 3.27. The molecule has 0 bridgehead atoms. The van der Waals surface area contributed by atoms with E-state index in [1.54, 1.807) is 18.2 Å². The van der Waals surface area contributed by atoms with Gasteiger partial charge in [-0.25, -0.2) is 9.59 Å². The van der Waals surface area contributed by atoms with Gasteiger partial charge in [0.25, 0.3) is 0 Å². The SMILES string of the molecule is O=C(O)c1ccc2ccccc2c1C(=O)OCC1CO1. The van der Waals surface area contributed by atoms with Gasteiger partial charge >= 0.3 is 11.9 Å². The molecule has 1 heterocycles. The first kappa shape index (κ1) is 12.6. The van der Waals surface area contributed by atoms with Crippen molar-refractivity contribution in [2.75, 3.05) is 13.2 Å². The number of carboxylic acid groups (broad SMARTS) is 1. The summed E-state index contributed by atoms with van der Waals surface area (Å²) in [6.45, 7) is 0.732. The van der Waals surface area contributed by atoms with E-state index in [4.69, 9.17) is 9.47 Å². The van der Waals surface area contributed by atoms with Gasteiger partial charge in [-0.05, 0) is 16.8 Å². The molecule has 20 heavy (non-hydrogen) atoms. The number of esters is 1. The van der Waals surface area contributed by atoms with Crippen LogP contribution in [-0.4, -0.2) is 36.4 Å². The van der Waals surface area contributed by atoms with Crippen LogP contribution in [0.4, 0.5) is 0 Å². The molecule has 0 amide bonds. The number of benzene rings is 2. The predicted octanol–water partition coefficient (Wildman–Crippen LogP) is 2.09. The molecule has 1 aliphatic rings. The maximum atomic E-state index is 12.2. The second-order valence-corrected chi connectivity index (χ2v) is 4.57. The van der Waals surface area contributed by atoms with Gasteiger partial charge in [0.15, 0.2) is 0 Å². The zero-order valence-corrected chi connectivity index (χ0v) is 10.5. The van der Waals surface area contributed by atoms with Crippen molar-refractivity contribution in [3.63, 3.8) is 0 Å². The summed E-state index contributed by atoms with van der Waals surface area (Å²) in [7, 11) is 0. The monoisotopic (exact) mass is 272 g/mol. The van der Waals surface area contributed by atoms with E-state index in [9.17, 15) is 14.7 Å². The number of carboxylic acids is 1. The first-order chi connectivity index (χ1) is 9.66. The van der Waals surface area contributed by atoms with E-state index >= 15 is 0 Å². The van der Waals surface area contributed by atoms with Crippen molar-refractivity contribution in [1.82, 2.24) is 0 Å². The van der Waals surface area contributed by atoms with E-state index < -0.39 is 11.9 Å². The summed E-state index contributed by atoms with van der Waals surface area (Å²) in [6, 6.07) is 10.2. The van der Waals surface area contributed by atoms with Crippen molar-refractivity contribution < 1.29 is 24.2 Å². The number of rotatable bonds is 4. The van der Waals surface area contributed by atoms with E-state index in [0.29, 0.717) is 12.0 Å². The lowest BCUT2D eigenvalue weighted by Gasteiger charge is -2.09. The Morgan fingerprint density at radius 1 is 1.25 bits per heavy atom. The van der Waals surface area contributed by atoms with Crippen LogP contribution in [0.25, 0.3) is 10.8 Å². The minimum atomic E-state index is -1.15. The number of hydrogen-bond acceptors (Lipinski definition) is 4. The minimum absolute atomic E-state index is 0.0505. The molecule has 0 saturated carbocycles. The third kappa shape index (κ3) is 2.35. The molecule has 1 saturated heterocycles. The zero-order chi connectivity index (χ0) is 14.1. The van der Waals surface area contributed by atoms with Gasteiger partial charge < -0.3 is 14.6 Å². The van der Waals surface area contributed by atoms with Crippen LogP contribution in [0.1, 0.15) is 20.7 Å². The molecule has 1 aliphatic heterocycles. The zero-order valence-electron chi connectivity index (χ0n) is 10.5. The van der Waals surface area contributed by atoms with E-state index in [1.165, 1.54) is 6.07 Å². The highest BCUT2D eigenvalue weighted by Crippen LogP contribution is 2.24. The smallest absolute Gasteiger partial charge is 0.339 e. The second kappa shape index (κ2) is 4.94. The van der Waals surface area contributed by atoms with Gasteiger partial charge in [0.05, 0.1) is 17.7 Å². The van der Waals surface area contributed by atoms with Crippen LogP contribution in [0.3, 0.4) is 0 Å². The van der Waals surface area contributed by atoms with Crippen molar-refractivity contribution in [2.24, 2.45) is 0 Å². The van der Waals surface area contributed by atoms with Crippen molar-refractivity contribution in [2.45, 2.75) is 6.10 Å². The Bertz CT molecular complexity index is 688. The molecular formula is C15H12O5. The number of aromatic carboxylic acids is 1. The van der Waals surface area contributed by atoms with Crippen molar-refractivity contribution in [3.8, 4) is 0 Å². The molecule has 0 aromatic heterocycles. The predicted molar refractivity (Wildman–Crippen MR) is 70.9 cm³/mol. The lowest BCUT2D eigenvalue weighted by Crippen LogP contribution is -2.15. The van der Waals surface area contributed by atoms with Crippen molar-refractivity contribution in [1.29, 1.82) is 0 Å². The van der Waals surface area contributed by atoms with Crippen LogP contribution >= 0.6 is 0 Å². The van der Waals surface area contributed by atoms with Crippen LogP contribution in [0, 0.1) is 0 Å². The fraction of sp³-hybridized carbons (Fsp3) is 0.200. The molecule has 5 nitrogen and oxygen atoms in total. The topological polar surface area (TPSA) is 76.1 Å². The molecule has 1 unspecified atom stereocenters. The molecule has 0 aliphatic carbocycles. The third-order valence-electron chi connectivity index (χ3n) is 3.17. The van der Waals surface area contributed by atoms with Gasteiger partial charge in [0.2, 0.25) is 0 Å². The minimum Gasteiger partial charge on any atom is -0.478 e. The number of fused-ring (bicyclic) bond motifs is 1. The van der Waals surface area contributed by atoms with Gasteiger partial charge in [-0.3, -0.25) is 0 Å². The van der Waals surface area contributed by atoms with Gasteiger partial charge in [-0.1, -0.05) is 30.3 Å². The van der Waals surface area contributed by atoms with Crippen LogP contribution in [0.2, 0.25) is 0 Å². The Kier molecular flexibility index (Phi) is 3.12. The molecule has 2 aromatic rings. The summed E-state index contributed by atoms with van der Waals surface area (Å²) in [5.41, 5.74) is 0.0432. The summed E-state index contributed by atoms with van der Waals surface area (Å²) in [5.74, 6) is -1.78. The molecule has 1 fully saturated rings.